The Labute approximate surface area is 342 Å². The lowest BCUT2D eigenvalue weighted by Crippen LogP contribution is -2.66. The first-order valence-electron chi connectivity index (χ1n) is 20.3. The van der Waals surface area contributed by atoms with E-state index in [4.69, 9.17) is 37.9 Å². The topological polar surface area (TPSA) is 203 Å². The fraction of sp³-hybridized carbons (Fsp3) is 0.786. The van der Waals surface area contributed by atoms with E-state index in [1.807, 2.05) is 13.8 Å². The van der Waals surface area contributed by atoms with Gasteiger partial charge in [0.15, 0.2) is 24.5 Å². The second-order valence-corrected chi connectivity index (χ2v) is 16.8. The van der Waals surface area contributed by atoms with E-state index in [-0.39, 0.29) is 37.4 Å². The highest BCUT2D eigenvalue weighted by Crippen LogP contribution is 2.37. The van der Waals surface area contributed by atoms with Crippen LogP contribution in [0.4, 0.5) is 0 Å². The monoisotopic (exact) mass is 825 g/mol. The van der Waals surface area contributed by atoms with Crippen LogP contribution in [-0.4, -0.2) is 145 Å². The highest BCUT2D eigenvalue weighted by Gasteiger charge is 2.53. The molecule has 0 radical (unpaired) electrons. The smallest absolute Gasteiger partial charge is 0.309 e. The quantitative estimate of drug-likeness (QED) is 0.165. The maximum absolute atomic E-state index is 13.2. The van der Waals surface area contributed by atoms with Crippen molar-refractivity contribution < 1.29 is 72.1 Å². The Bertz CT molecular complexity index is 1430. The van der Waals surface area contributed by atoms with Crippen molar-refractivity contribution in [2.24, 2.45) is 17.8 Å². The van der Waals surface area contributed by atoms with Crippen molar-refractivity contribution in [2.75, 3.05) is 21.2 Å². The van der Waals surface area contributed by atoms with Gasteiger partial charge in [0.05, 0.1) is 30.8 Å². The van der Waals surface area contributed by atoms with Crippen molar-refractivity contribution in [3.05, 3.63) is 24.3 Å². The largest absolute Gasteiger partial charge is 0.462 e. The summed E-state index contributed by atoms with van der Waals surface area (Å²) in [6.45, 7) is 13.4. The van der Waals surface area contributed by atoms with Gasteiger partial charge in [-0.05, 0) is 66.1 Å². The molecule has 3 rings (SSSR count). The minimum Gasteiger partial charge on any atom is -0.462 e. The Kier molecular flexibility index (Phi) is 19.1. The third-order valence-corrected chi connectivity index (χ3v) is 10.8. The Morgan fingerprint density at radius 1 is 1.02 bits per heavy atom. The van der Waals surface area contributed by atoms with Crippen molar-refractivity contribution in [1.82, 2.24) is 4.90 Å². The van der Waals surface area contributed by atoms with Crippen molar-refractivity contribution in [1.29, 1.82) is 0 Å². The number of carbonyl (C=O) groups is 5. The number of methoxy groups -OCH3 is 1. The van der Waals surface area contributed by atoms with Crippen LogP contribution in [0.15, 0.2) is 24.3 Å². The molecule has 3 heterocycles. The molecule has 0 aromatic carbocycles. The number of allylic oxidation sites excluding steroid dienone is 3. The minimum absolute atomic E-state index is 0.0531. The van der Waals surface area contributed by atoms with Gasteiger partial charge in [-0.25, -0.2) is 0 Å². The molecule has 0 spiro atoms. The third-order valence-electron chi connectivity index (χ3n) is 10.8. The van der Waals surface area contributed by atoms with E-state index in [0.29, 0.717) is 12.7 Å². The van der Waals surface area contributed by atoms with Crippen molar-refractivity contribution >= 4 is 30.0 Å². The number of carbonyl (C=O) groups excluding carboxylic acids is 5. The Hall–Kier alpha value is -3.09. The number of hydrogen-bond donors (Lipinski definition) is 2. The molecule has 16 nitrogen and oxygen atoms in total. The van der Waals surface area contributed by atoms with Crippen LogP contribution >= 0.6 is 0 Å². The van der Waals surface area contributed by atoms with Crippen LogP contribution in [0.1, 0.15) is 93.9 Å². The molecule has 2 unspecified atom stereocenters. The zero-order valence-corrected chi connectivity index (χ0v) is 35.9. The third kappa shape index (κ3) is 14.0. The number of likely N-dealkylation sites (N-methyl/N-ethyl adjacent to an activating group) is 1. The van der Waals surface area contributed by atoms with Crippen molar-refractivity contribution in [3.63, 3.8) is 0 Å². The van der Waals surface area contributed by atoms with E-state index >= 15 is 0 Å². The summed E-state index contributed by atoms with van der Waals surface area (Å²) in [5, 5.41) is 23.5. The zero-order valence-electron chi connectivity index (χ0n) is 35.9. The van der Waals surface area contributed by atoms with Crippen LogP contribution in [0.25, 0.3) is 0 Å². The van der Waals surface area contributed by atoms with Gasteiger partial charge in [-0.2, -0.15) is 0 Å². The van der Waals surface area contributed by atoms with Gasteiger partial charge in [0, 0.05) is 45.6 Å². The molecule has 0 saturated carbocycles. The Morgan fingerprint density at radius 3 is 2.29 bits per heavy atom. The fourth-order valence-corrected chi connectivity index (χ4v) is 7.98. The molecule has 2 N–H and O–H groups in total. The maximum Gasteiger partial charge on any atom is 0.309 e. The molecule has 0 aliphatic carbocycles. The second kappa shape index (κ2) is 22.5. The normalized spacial score (nSPS) is 39.4. The van der Waals surface area contributed by atoms with Gasteiger partial charge in [-0.3, -0.25) is 19.2 Å². The minimum atomic E-state index is -1.51. The molecule has 0 aromatic rings. The maximum atomic E-state index is 13.2. The molecule has 330 valence electrons. The van der Waals surface area contributed by atoms with E-state index in [0.717, 1.165) is 0 Å². The van der Waals surface area contributed by atoms with Crippen LogP contribution in [0, 0.1) is 17.8 Å². The Balaban J connectivity index is 1.98. The first kappa shape index (κ1) is 49.3. The molecule has 2 saturated heterocycles. The lowest BCUT2D eigenvalue weighted by Gasteiger charge is -2.50. The summed E-state index contributed by atoms with van der Waals surface area (Å²) in [4.78, 5) is 65.4. The van der Waals surface area contributed by atoms with Crippen molar-refractivity contribution in [3.8, 4) is 0 Å². The molecule has 58 heavy (non-hydrogen) atoms. The van der Waals surface area contributed by atoms with E-state index in [1.54, 1.807) is 71.8 Å². The van der Waals surface area contributed by atoms with Crippen LogP contribution < -0.4 is 0 Å². The number of aliphatic hydroxyl groups is 2. The predicted octanol–water partition coefficient (Wildman–Crippen LogP) is 3.22. The number of aliphatic hydroxyl groups excluding tert-OH is 1. The summed E-state index contributed by atoms with van der Waals surface area (Å²) in [7, 11) is 4.82. The van der Waals surface area contributed by atoms with E-state index < -0.39 is 115 Å². The van der Waals surface area contributed by atoms with Gasteiger partial charge in [0.1, 0.15) is 42.4 Å². The summed E-state index contributed by atoms with van der Waals surface area (Å²) in [6, 6.07) is -0.796. The summed E-state index contributed by atoms with van der Waals surface area (Å²) in [5.74, 6) is -3.31. The van der Waals surface area contributed by atoms with Gasteiger partial charge in [-0.15, -0.1) is 0 Å². The number of esters is 3. The van der Waals surface area contributed by atoms with E-state index in [1.165, 1.54) is 20.1 Å². The molecule has 2 fully saturated rings. The van der Waals surface area contributed by atoms with Crippen LogP contribution in [0.5, 0.6) is 0 Å². The molecule has 0 amide bonds. The number of rotatable bonds is 12. The SMILES string of the molecule is CO[C@H]1C(OC(C)=O)CC(=O)O[C@H](C)C/C=C/C=C\C(=O)[C@H](C)CC(CC=O)[C@@H]1O[C@@H]1O[C@H](C)[C@@H](O[C@H]2C[C@@](C)(O)[C@@H](OC(=O)CC(C)C)[C@H](C)O2)[C@H](N(C)C)[C@H]1O. The van der Waals surface area contributed by atoms with Gasteiger partial charge in [0.2, 0.25) is 0 Å². The summed E-state index contributed by atoms with van der Waals surface area (Å²) in [5.41, 5.74) is -1.51. The van der Waals surface area contributed by atoms with E-state index in [9.17, 15) is 34.2 Å². The molecule has 0 aromatic heterocycles. The van der Waals surface area contributed by atoms with Gasteiger partial charge < -0.3 is 57.8 Å². The number of aldehydes is 1. The van der Waals surface area contributed by atoms with Gasteiger partial charge >= 0.3 is 17.9 Å². The lowest BCUT2D eigenvalue weighted by atomic mass is 9.83. The molecule has 16 heteroatoms. The number of cyclic esters (lactones) is 1. The number of ether oxygens (including phenoxy) is 8. The highest BCUT2D eigenvalue weighted by atomic mass is 16.7. The average Bonchev–Trinajstić information content (AvgIpc) is 3.09. The summed E-state index contributed by atoms with van der Waals surface area (Å²) < 4.78 is 48.4. The molecule has 15 atom stereocenters. The molecule has 3 aliphatic rings. The van der Waals surface area contributed by atoms with E-state index in [2.05, 4.69) is 0 Å². The Morgan fingerprint density at radius 2 is 1.71 bits per heavy atom. The van der Waals surface area contributed by atoms with Gasteiger partial charge in [-0.1, -0.05) is 39.0 Å². The fourth-order valence-electron chi connectivity index (χ4n) is 7.98. The average molecular weight is 826 g/mol. The molecular weight excluding hydrogens is 758 g/mol. The number of ketones is 1. The number of hydrogen-bond acceptors (Lipinski definition) is 16. The number of nitrogens with zero attached hydrogens (tertiary/aromatic N) is 1. The zero-order chi connectivity index (χ0) is 43.5. The second-order valence-electron chi connectivity index (χ2n) is 16.8. The van der Waals surface area contributed by atoms with Crippen LogP contribution in [0.3, 0.4) is 0 Å². The molecular formula is C42H67NO15. The van der Waals surface area contributed by atoms with Crippen LogP contribution in [-0.2, 0) is 61.9 Å². The molecule has 3 aliphatic heterocycles. The van der Waals surface area contributed by atoms with Crippen molar-refractivity contribution in [2.45, 2.75) is 173 Å². The highest BCUT2D eigenvalue weighted by molar-refractivity contribution is 5.91. The van der Waals surface area contributed by atoms with Gasteiger partial charge in [0.25, 0.3) is 0 Å². The predicted molar refractivity (Wildman–Crippen MR) is 209 cm³/mol. The summed E-state index contributed by atoms with van der Waals surface area (Å²) >= 11 is 0. The first-order valence-corrected chi connectivity index (χ1v) is 20.3. The first-order chi connectivity index (χ1) is 27.2. The van der Waals surface area contributed by atoms with Crippen LogP contribution in [0.2, 0.25) is 0 Å². The molecule has 0 bridgehead atoms. The standard InChI is InChI=1S/C42H67NO15/c1-23(2)19-32(47)56-40-27(6)53-34(22-42(40,8)50)57-37-26(5)54-41(36(49)35(37)43(9)10)58-38-29(17-18-44)20-24(3)30(46)16-14-12-13-15-25(4)52-33(48)21-31(39(38)51-11)55-28(7)45/h12-14,16,18,23-27,29,31,34-41,49-50H,15,17,19-22H2,1-11H3/b13-12+,16-14-/t24-,25-,26-,27+,29?,31?,34+,35-,36-,37-,38+,39+,40+,41+,42-/m1/s1. The lowest BCUT2D eigenvalue weighted by molar-refractivity contribution is -0.344. The summed E-state index contributed by atoms with van der Waals surface area (Å²) in [6.07, 6.45) is -4.02.